The Hall–Kier alpha value is -0.520. The molecule has 1 aliphatic heterocycles. The van der Waals surface area contributed by atoms with Crippen LogP contribution in [-0.4, -0.2) is 23.9 Å². The maximum absolute atomic E-state index is 11.0. The van der Waals surface area contributed by atoms with Gasteiger partial charge in [-0.15, -0.1) is 23.1 Å². The number of aromatic carboxylic acids is 1. The normalized spacial score (nSPS) is 15.2. The van der Waals surface area contributed by atoms with Crippen LogP contribution in [0.5, 0.6) is 0 Å². The van der Waals surface area contributed by atoms with Crippen molar-refractivity contribution in [3.05, 3.63) is 16.0 Å². The quantitative estimate of drug-likeness (QED) is 0.791. The lowest BCUT2D eigenvalue weighted by atomic mass is 10.1. The van der Waals surface area contributed by atoms with Crippen molar-refractivity contribution in [1.82, 2.24) is 0 Å². The summed E-state index contributed by atoms with van der Waals surface area (Å²) >= 11 is 2.96. The molecule has 1 aromatic heterocycles. The van der Waals surface area contributed by atoms with Crippen LogP contribution >= 0.6 is 23.1 Å². The first-order valence-electron chi connectivity index (χ1n) is 4.23. The fourth-order valence-electron chi connectivity index (χ4n) is 1.57. The summed E-state index contributed by atoms with van der Waals surface area (Å²) in [6.45, 7) is 1.20. The smallest absolute Gasteiger partial charge is 0.346 e. The number of thiophene rings is 1. The minimum atomic E-state index is -0.812. The molecule has 0 saturated heterocycles. The Labute approximate surface area is 90.1 Å². The number of carboxylic acid groups (broad SMARTS) is 1. The zero-order valence-corrected chi connectivity index (χ0v) is 9.33. The van der Waals surface area contributed by atoms with Crippen LogP contribution in [0.25, 0.3) is 0 Å². The Balaban J connectivity index is 2.52. The molecule has 76 valence electrons. The molecule has 2 rings (SSSR count). The van der Waals surface area contributed by atoms with Gasteiger partial charge in [0.2, 0.25) is 0 Å². The Morgan fingerprint density at radius 2 is 2.36 bits per heavy atom. The van der Waals surface area contributed by atoms with E-state index < -0.39 is 5.97 Å². The topological polar surface area (TPSA) is 46.5 Å². The van der Waals surface area contributed by atoms with Crippen LogP contribution in [0.3, 0.4) is 0 Å². The van der Waals surface area contributed by atoms with Gasteiger partial charge in [-0.05, 0) is 18.2 Å². The maximum atomic E-state index is 11.0. The van der Waals surface area contributed by atoms with Crippen molar-refractivity contribution >= 4 is 29.1 Å². The summed E-state index contributed by atoms with van der Waals surface area (Å²) in [5.41, 5.74) is 2.07. The van der Waals surface area contributed by atoms with Crippen molar-refractivity contribution in [2.45, 2.75) is 17.2 Å². The first-order chi connectivity index (χ1) is 6.74. The van der Waals surface area contributed by atoms with E-state index in [1.165, 1.54) is 11.3 Å². The number of ether oxygens (including phenoxy) is 1. The van der Waals surface area contributed by atoms with Gasteiger partial charge in [-0.1, -0.05) is 0 Å². The van der Waals surface area contributed by atoms with Crippen molar-refractivity contribution in [3.8, 4) is 0 Å². The van der Waals surface area contributed by atoms with Crippen LogP contribution in [0, 0.1) is 0 Å². The summed E-state index contributed by atoms with van der Waals surface area (Å²) in [4.78, 5) is 11.5. The van der Waals surface area contributed by atoms with Gasteiger partial charge in [-0.2, -0.15) is 0 Å². The average molecular weight is 230 g/mol. The lowest BCUT2D eigenvalue weighted by Crippen LogP contribution is -2.11. The number of carboxylic acids is 1. The second kappa shape index (κ2) is 3.92. The molecule has 1 aromatic rings. The van der Waals surface area contributed by atoms with E-state index >= 15 is 0 Å². The minimum Gasteiger partial charge on any atom is -0.477 e. The fourth-order valence-corrected chi connectivity index (χ4v) is 3.51. The number of thioether (sulfide) groups is 1. The van der Waals surface area contributed by atoms with E-state index in [0.29, 0.717) is 18.1 Å². The predicted molar refractivity (Wildman–Crippen MR) is 56.4 cm³/mol. The second-order valence-corrected chi connectivity index (χ2v) is 5.08. The summed E-state index contributed by atoms with van der Waals surface area (Å²) in [7, 11) is 0. The van der Waals surface area contributed by atoms with Crippen molar-refractivity contribution in [2.24, 2.45) is 0 Å². The first-order valence-corrected chi connectivity index (χ1v) is 6.27. The highest BCUT2D eigenvalue weighted by Gasteiger charge is 2.24. The Kier molecular flexibility index (Phi) is 2.80. The van der Waals surface area contributed by atoms with E-state index in [2.05, 4.69) is 0 Å². The molecule has 0 saturated carbocycles. The number of carbonyl (C=O) groups is 1. The molecule has 0 amide bonds. The highest BCUT2D eigenvalue weighted by molar-refractivity contribution is 8.00. The zero-order chi connectivity index (χ0) is 10.1. The van der Waals surface area contributed by atoms with E-state index in [-0.39, 0.29) is 0 Å². The Morgan fingerprint density at radius 3 is 3.00 bits per heavy atom. The first kappa shape index (κ1) is 10.0. The molecule has 3 nitrogen and oxygen atoms in total. The third-order valence-electron chi connectivity index (χ3n) is 2.20. The number of hydrogen-bond donors (Lipinski definition) is 1. The highest BCUT2D eigenvalue weighted by atomic mass is 32.2. The largest absolute Gasteiger partial charge is 0.477 e. The number of fused-ring (bicyclic) bond motifs is 1. The maximum Gasteiger partial charge on any atom is 0.346 e. The lowest BCUT2D eigenvalue weighted by Gasteiger charge is -2.13. The highest BCUT2D eigenvalue weighted by Crippen LogP contribution is 2.37. The van der Waals surface area contributed by atoms with Crippen molar-refractivity contribution in [1.29, 1.82) is 0 Å². The molecule has 0 fully saturated rings. The second-order valence-electron chi connectivity index (χ2n) is 2.99. The molecule has 0 aliphatic carbocycles. The molecule has 0 bridgehead atoms. The van der Waals surface area contributed by atoms with E-state index in [1.54, 1.807) is 11.8 Å². The van der Waals surface area contributed by atoms with E-state index in [9.17, 15) is 4.79 Å². The minimum absolute atomic E-state index is 0.493. The zero-order valence-electron chi connectivity index (χ0n) is 7.70. The molecule has 0 radical (unpaired) electrons. The Morgan fingerprint density at radius 1 is 1.57 bits per heavy atom. The molecule has 2 heterocycles. The molecule has 0 atom stereocenters. The SMILES string of the molecule is CSc1sc(C(=O)O)c2c1COCC2. The van der Waals surface area contributed by atoms with Gasteiger partial charge < -0.3 is 9.84 Å². The predicted octanol–water partition coefficient (Wildman–Crippen LogP) is 2.24. The van der Waals surface area contributed by atoms with Gasteiger partial charge in [0.1, 0.15) is 4.88 Å². The molecule has 0 aromatic carbocycles. The van der Waals surface area contributed by atoms with Gasteiger partial charge in [0.05, 0.1) is 17.4 Å². The summed E-state index contributed by atoms with van der Waals surface area (Å²) in [5, 5.41) is 9.01. The van der Waals surface area contributed by atoms with Crippen molar-refractivity contribution in [2.75, 3.05) is 12.9 Å². The van der Waals surface area contributed by atoms with E-state index in [1.807, 2.05) is 6.26 Å². The summed E-state index contributed by atoms with van der Waals surface area (Å²) in [5.74, 6) is -0.812. The van der Waals surface area contributed by atoms with E-state index in [4.69, 9.17) is 9.84 Å². The van der Waals surface area contributed by atoms with Crippen LogP contribution < -0.4 is 0 Å². The van der Waals surface area contributed by atoms with Crippen molar-refractivity contribution < 1.29 is 14.6 Å². The summed E-state index contributed by atoms with van der Waals surface area (Å²) in [6.07, 6.45) is 2.69. The molecule has 1 aliphatic rings. The van der Waals surface area contributed by atoms with Gasteiger partial charge in [-0.3, -0.25) is 0 Å². The van der Waals surface area contributed by atoms with Gasteiger partial charge >= 0.3 is 5.97 Å². The van der Waals surface area contributed by atoms with Gasteiger partial charge in [-0.25, -0.2) is 4.79 Å². The molecule has 5 heteroatoms. The van der Waals surface area contributed by atoms with E-state index in [0.717, 1.165) is 21.8 Å². The molecular formula is C9H10O3S2. The van der Waals surface area contributed by atoms with Crippen LogP contribution in [0.2, 0.25) is 0 Å². The Bertz CT molecular complexity index is 370. The average Bonchev–Trinajstić information content (AvgIpc) is 2.56. The lowest BCUT2D eigenvalue weighted by molar-refractivity contribution is 0.0697. The third-order valence-corrected chi connectivity index (χ3v) is 4.63. The molecular weight excluding hydrogens is 220 g/mol. The van der Waals surface area contributed by atoms with Crippen LogP contribution in [0.1, 0.15) is 20.8 Å². The summed E-state index contributed by atoms with van der Waals surface area (Å²) in [6, 6.07) is 0. The third kappa shape index (κ3) is 1.55. The molecule has 14 heavy (non-hydrogen) atoms. The molecule has 0 unspecified atom stereocenters. The number of rotatable bonds is 2. The monoisotopic (exact) mass is 230 g/mol. The molecule has 0 spiro atoms. The van der Waals surface area contributed by atoms with Crippen LogP contribution in [0.4, 0.5) is 0 Å². The van der Waals surface area contributed by atoms with Crippen LogP contribution in [-0.2, 0) is 17.8 Å². The van der Waals surface area contributed by atoms with Crippen molar-refractivity contribution in [3.63, 3.8) is 0 Å². The van der Waals surface area contributed by atoms with Gasteiger partial charge in [0.15, 0.2) is 0 Å². The fraction of sp³-hybridized carbons (Fsp3) is 0.444. The standard InChI is InChI=1S/C9H10O3S2/c1-13-9-6-4-12-3-2-5(6)7(14-9)8(10)11/h2-4H2,1H3,(H,10,11). The van der Waals surface area contributed by atoms with Gasteiger partial charge in [0.25, 0.3) is 0 Å². The van der Waals surface area contributed by atoms with Gasteiger partial charge in [0, 0.05) is 5.56 Å². The molecule has 1 N–H and O–H groups in total. The number of hydrogen-bond acceptors (Lipinski definition) is 4. The summed E-state index contributed by atoms with van der Waals surface area (Å²) < 4.78 is 6.41. The van der Waals surface area contributed by atoms with Crippen LogP contribution in [0.15, 0.2) is 4.21 Å².